The number of fused-ring (bicyclic) bond motifs is 3. The fraction of sp³-hybridized carbons (Fsp3) is 0.167. The van der Waals surface area contributed by atoms with E-state index >= 15 is 0 Å². The van der Waals surface area contributed by atoms with Gasteiger partial charge in [-0.3, -0.25) is 4.79 Å². The van der Waals surface area contributed by atoms with Gasteiger partial charge in [-0.2, -0.15) is 0 Å². The van der Waals surface area contributed by atoms with Crippen LogP contribution in [-0.4, -0.2) is 14.7 Å². The molecule has 0 spiro atoms. The summed E-state index contributed by atoms with van der Waals surface area (Å²) in [5, 5.41) is 5.14. The molecule has 1 aliphatic rings. The van der Waals surface area contributed by atoms with Gasteiger partial charge < -0.3 is 4.74 Å². The first-order valence-corrected chi connectivity index (χ1v) is 9.14. The Morgan fingerprint density at radius 3 is 2.71 bits per heavy atom. The lowest BCUT2D eigenvalue weighted by atomic mass is 9.88. The van der Waals surface area contributed by atoms with Crippen molar-refractivity contribution in [3.8, 4) is 16.9 Å². The van der Waals surface area contributed by atoms with E-state index in [4.69, 9.17) is 9.88 Å². The molecule has 6 heteroatoms. The molecular formula is C18H17NO4S. The minimum Gasteiger partial charge on any atom is -0.485 e. The van der Waals surface area contributed by atoms with Crippen LogP contribution in [0.4, 0.5) is 0 Å². The number of aldehydes is 1. The Morgan fingerprint density at radius 1 is 1.25 bits per heavy atom. The molecule has 24 heavy (non-hydrogen) atoms. The maximum Gasteiger partial charge on any atom is 0.213 e. The van der Waals surface area contributed by atoms with Gasteiger partial charge in [0, 0.05) is 23.1 Å². The van der Waals surface area contributed by atoms with Crippen LogP contribution in [0.15, 0.2) is 49.1 Å². The predicted octanol–water partition coefficient (Wildman–Crippen LogP) is 2.96. The van der Waals surface area contributed by atoms with Crippen LogP contribution in [-0.2, 0) is 15.8 Å². The summed E-state index contributed by atoms with van der Waals surface area (Å²) in [6.07, 6.45) is 2.82. The molecule has 5 nitrogen and oxygen atoms in total. The number of rotatable bonds is 5. The lowest BCUT2D eigenvalue weighted by Gasteiger charge is -2.29. The van der Waals surface area contributed by atoms with Crippen molar-refractivity contribution < 1.29 is 17.9 Å². The van der Waals surface area contributed by atoms with Crippen LogP contribution in [0.3, 0.4) is 0 Å². The summed E-state index contributed by atoms with van der Waals surface area (Å²) in [7, 11) is -3.62. The number of sulfonamides is 1. The van der Waals surface area contributed by atoms with Gasteiger partial charge in [0.2, 0.25) is 10.0 Å². The molecule has 0 fully saturated rings. The molecule has 1 heterocycles. The molecule has 1 aliphatic heterocycles. The number of primary sulfonamides is 1. The molecule has 0 saturated carbocycles. The molecule has 0 amide bonds. The molecule has 0 radical (unpaired) electrons. The average Bonchev–Trinajstić information content (AvgIpc) is 2.53. The number of hydrogen-bond acceptors (Lipinski definition) is 4. The number of benzene rings is 2. The lowest BCUT2D eigenvalue weighted by molar-refractivity contribution is 0.112. The van der Waals surface area contributed by atoms with Gasteiger partial charge in [0.15, 0.2) is 6.29 Å². The van der Waals surface area contributed by atoms with Crippen LogP contribution in [0.1, 0.15) is 34.0 Å². The summed E-state index contributed by atoms with van der Waals surface area (Å²) < 4.78 is 28.7. The molecule has 0 aromatic heterocycles. The highest BCUT2D eigenvalue weighted by Crippen LogP contribution is 2.45. The Bertz CT molecular complexity index is 919. The zero-order valence-corrected chi connectivity index (χ0v) is 13.8. The molecule has 2 N–H and O–H groups in total. The quantitative estimate of drug-likeness (QED) is 0.668. The van der Waals surface area contributed by atoms with Crippen molar-refractivity contribution in [2.75, 3.05) is 0 Å². The van der Waals surface area contributed by atoms with E-state index in [0.717, 1.165) is 23.0 Å². The summed E-state index contributed by atoms with van der Waals surface area (Å²) in [5.41, 5.74) is 3.54. The SMILES string of the molecule is C=CCC1Oc2cccc(C=O)c2-c2ccc(CS(N)(=O)=O)cc21. The number of carbonyl (C=O) groups excluding carboxylic acids is 1. The van der Waals surface area contributed by atoms with E-state index in [1.165, 1.54) is 0 Å². The molecule has 1 unspecified atom stereocenters. The van der Waals surface area contributed by atoms with Crippen molar-refractivity contribution >= 4 is 16.3 Å². The summed E-state index contributed by atoms with van der Waals surface area (Å²) in [6, 6.07) is 10.6. The first-order valence-electron chi connectivity index (χ1n) is 7.42. The van der Waals surface area contributed by atoms with Crippen LogP contribution < -0.4 is 9.88 Å². The van der Waals surface area contributed by atoms with Crippen molar-refractivity contribution in [3.05, 3.63) is 65.7 Å². The summed E-state index contributed by atoms with van der Waals surface area (Å²) in [5.74, 6) is 0.390. The van der Waals surface area contributed by atoms with Crippen molar-refractivity contribution in [2.24, 2.45) is 5.14 Å². The second-order valence-electron chi connectivity index (χ2n) is 5.70. The maximum atomic E-state index is 11.4. The van der Waals surface area contributed by atoms with Crippen LogP contribution in [0.2, 0.25) is 0 Å². The van der Waals surface area contributed by atoms with E-state index in [-0.39, 0.29) is 11.9 Å². The zero-order valence-electron chi connectivity index (χ0n) is 12.9. The van der Waals surface area contributed by atoms with Gasteiger partial charge in [-0.1, -0.05) is 36.4 Å². The van der Waals surface area contributed by atoms with E-state index in [1.807, 2.05) is 12.1 Å². The molecule has 0 saturated heterocycles. The van der Waals surface area contributed by atoms with E-state index in [1.54, 1.807) is 30.3 Å². The second kappa shape index (κ2) is 6.22. The Balaban J connectivity index is 2.19. The van der Waals surface area contributed by atoms with Gasteiger partial charge in [-0.15, -0.1) is 6.58 Å². The lowest BCUT2D eigenvalue weighted by Crippen LogP contribution is -2.17. The van der Waals surface area contributed by atoms with Crippen molar-refractivity contribution in [1.82, 2.24) is 0 Å². The summed E-state index contributed by atoms with van der Waals surface area (Å²) >= 11 is 0. The standard InChI is InChI=1S/C18H17NO4S/c1-2-4-16-15-9-12(11-24(19,21)22)7-8-14(15)18-13(10-20)5-3-6-17(18)23-16/h2-3,5-10,16H,1,4,11H2,(H2,19,21,22). The highest BCUT2D eigenvalue weighted by molar-refractivity contribution is 7.88. The third-order valence-corrected chi connectivity index (χ3v) is 4.67. The van der Waals surface area contributed by atoms with Crippen LogP contribution in [0.25, 0.3) is 11.1 Å². The largest absolute Gasteiger partial charge is 0.485 e. The smallest absolute Gasteiger partial charge is 0.213 e. The fourth-order valence-corrected chi connectivity index (χ4v) is 3.65. The zero-order chi connectivity index (χ0) is 17.3. The second-order valence-corrected chi connectivity index (χ2v) is 7.31. The number of nitrogens with two attached hydrogens (primary N) is 1. The van der Waals surface area contributed by atoms with Gasteiger partial charge in [-0.25, -0.2) is 13.6 Å². The van der Waals surface area contributed by atoms with E-state index in [2.05, 4.69) is 6.58 Å². The average molecular weight is 343 g/mol. The Morgan fingerprint density at radius 2 is 2.04 bits per heavy atom. The molecule has 0 bridgehead atoms. The monoisotopic (exact) mass is 343 g/mol. The molecular weight excluding hydrogens is 326 g/mol. The molecule has 2 aromatic carbocycles. The van der Waals surface area contributed by atoms with Crippen LogP contribution >= 0.6 is 0 Å². The molecule has 2 aromatic rings. The van der Waals surface area contributed by atoms with Gasteiger partial charge in [0.05, 0.1) is 5.75 Å². The highest BCUT2D eigenvalue weighted by Gasteiger charge is 2.27. The Labute approximate surface area is 140 Å². The molecule has 3 rings (SSSR count). The molecule has 1 atom stereocenters. The van der Waals surface area contributed by atoms with Gasteiger partial charge in [0.1, 0.15) is 11.9 Å². The van der Waals surface area contributed by atoms with Gasteiger partial charge in [-0.05, 0) is 17.2 Å². The van der Waals surface area contributed by atoms with Crippen LogP contribution in [0, 0.1) is 0 Å². The first kappa shape index (κ1) is 16.4. The summed E-state index contributed by atoms with van der Waals surface area (Å²) in [6.45, 7) is 3.75. The van der Waals surface area contributed by atoms with Gasteiger partial charge >= 0.3 is 0 Å². The molecule has 0 aliphatic carbocycles. The topological polar surface area (TPSA) is 86.5 Å². The minimum absolute atomic E-state index is 0.247. The Kier molecular flexibility index (Phi) is 4.26. The Hall–Kier alpha value is -2.44. The predicted molar refractivity (Wildman–Crippen MR) is 92.3 cm³/mol. The minimum atomic E-state index is -3.62. The van der Waals surface area contributed by atoms with Gasteiger partial charge in [0.25, 0.3) is 0 Å². The number of hydrogen-bond donors (Lipinski definition) is 1. The third-order valence-electron chi connectivity index (χ3n) is 3.94. The van der Waals surface area contributed by atoms with E-state index < -0.39 is 10.0 Å². The van der Waals surface area contributed by atoms with E-state index in [9.17, 15) is 13.2 Å². The normalized spacial score (nSPS) is 15.8. The third kappa shape index (κ3) is 3.11. The van der Waals surface area contributed by atoms with Crippen molar-refractivity contribution in [2.45, 2.75) is 18.3 Å². The van der Waals surface area contributed by atoms with Crippen molar-refractivity contribution in [1.29, 1.82) is 0 Å². The maximum absolute atomic E-state index is 11.4. The van der Waals surface area contributed by atoms with E-state index in [0.29, 0.717) is 23.3 Å². The molecule has 124 valence electrons. The highest BCUT2D eigenvalue weighted by atomic mass is 32.2. The first-order chi connectivity index (χ1) is 11.4. The number of ether oxygens (including phenoxy) is 1. The fourth-order valence-electron chi connectivity index (χ4n) is 3.00. The number of carbonyl (C=O) groups is 1. The van der Waals surface area contributed by atoms with Crippen LogP contribution in [0.5, 0.6) is 5.75 Å². The van der Waals surface area contributed by atoms with Crippen molar-refractivity contribution in [3.63, 3.8) is 0 Å². The summed E-state index contributed by atoms with van der Waals surface area (Å²) in [4.78, 5) is 11.4.